The summed E-state index contributed by atoms with van der Waals surface area (Å²) in [6.07, 6.45) is 5.59. The summed E-state index contributed by atoms with van der Waals surface area (Å²) >= 11 is 0. The number of likely N-dealkylation sites (N-methyl/N-ethyl adjacent to an activating group) is 1. The number of aromatic nitrogens is 1. The molecule has 1 aromatic rings. The van der Waals surface area contributed by atoms with Gasteiger partial charge in [-0.15, -0.1) is 0 Å². The second-order valence-electron chi connectivity index (χ2n) is 5.06. The fourth-order valence-corrected chi connectivity index (χ4v) is 2.47. The van der Waals surface area contributed by atoms with Gasteiger partial charge >= 0.3 is 0 Å². The van der Waals surface area contributed by atoms with Crippen molar-refractivity contribution < 1.29 is 4.74 Å². The molecule has 0 saturated carbocycles. The van der Waals surface area contributed by atoms with Gasteiger partial charge in [-0.1, -0.05) is 6.42 Å². The Kier molecular flexibility index (Phi) is 4.55. The number of aryl methyl sites for hydroxylation is 1. The Morgan fingerprint density at radius 3 is 3.06 bits per heavy atom. The Bertz CT molecular complexity index is 395. The molecule has 100 valence electrons. The predicted molar refractivity (Wildman–Crippen MR) is 72.6 cm³/mol. The van der Waals surface area contributed by atoms with Gasteiger partial charge in [0.25, 0.3) is 0 Å². The van der Waals surface area contributed by atoms with Crippen molar-refractivity contribution in [2.75, 3.05) is 20.2 Å². The van der Waals surface area contributed by atoms with Crippen LogP contribution in [0.1, 0.15) is 30.4 Å². The highest BCUT2D eigenvalue weighted by Gasteiger charge is 2.20. The molecule has 0 bridgehead atoms. The highest BCUT2D eigenvalue weighted by molar-refractivity contribution is 5.33. The number of hydrogen-bond donors (Lipinski definition) is 1. The third-order valence-corrected chi connectivity index (χ3v) is 3.79. The van der Waals surface area contributed by atoms with Crippen molar-refractivity contribution in [2.24, 2.45) is 5.73 Å². The van der Waals surface area contributed by atoms with Crippen molar-refractivity contribution in [3.63, 3.8) is 0 Å². The molecule has 4 heteroatoms. The van der Waals surface area contributed by atoms with Crippen molar-refractivity contribution in [2.45, 2.75) is 38.8 Å². The smallest absolute Gasteiger partial charge is 0.218 e. The number of piperidine rings is 1. The van der Waals surface area contributed by atoms with Crippen LogP contribution in [-0.4, -0.2) is 36.1 Å². The number of nitrogens with zero attached hydrogens (tertiary/aromatic N) is 2. The van der Waals surface area contributed by atoms with Crippen LogP contribution in [0.4, 0.5) is 0 Å². The third kappa shape index (κ3) is 3.00. The summed E-state index contributed by atoms with van der Waals surface area (Å²) in [5.41, 5.74) is 7.93. The van der Waals surface area contributed by atoms with E-state index in [1.54, 1.807) is 6.20 Å². The zero-order valence-electron chi connectivity index (χ0n) is 11.4. The summed E-state index contributed by atoms with van der Waals surface area (Å²) in [6.45, 7) is 4.40. The van der Waals surface area contributed by atoms with Crippen molar-refractivity contribution >= 4 is 0 Å². The molecule has 4 nitrogen and oxygen atoms in total. The summed E-state index contributed by atoms with van der Waals surface area (Å²) in [5, 5.41) is 0. The minimum absolute atomic E-state index is 0.482. The van der Waals surface area contributed by atoms with E-state index in [-0.39, 0.29) is 0 Å². The van der Waals surface area contributed by atoms with Crippen LogP contribution in [0.25, 0.3) is 0 Å². The maximum absolute atomic E-state index is 5.89. The summed E-state index contributed by atoms with van der Waals surface area (Å²) in [6, 6.07) is 2.48. The number of rotatable bonds is 4. The lowest BCUT2D eigenvalue weighted by molar-refractivity contribution is 0.122. The molecule has 1 aliphatic rings. The van der Waals surface area contributed by atoms with Gasteiger partial charge in [0.2, 0.25) is 5.88 Å². The van der Waals surface area contributed by atoms with Crippen LogP contribution >= 0.6 is 0 Å². The van der Waals surface area contributed by atoms with Crippen molar-refractivity contribution in [3.05, 3.63) is 23.4 Å². The first kappa shape index (κ1) is 13.3. The molecule has 0 radical (unpaired) electrons. The maximum Gasteiger partial charge on any atom is 0.218 e. The first-order chi connectivity index (χ1) is 8.72. The van der Waals surface area contributed by atoms with Gasteiger partial charge in [-0.2, -0.15) is 0 Å². The van der Waals surface area contributed by atoms with Gasteiger partial charge in [0, 0.05) is 24.3 Å². The molecule has 1 unspecified atom stereocenters. The SMILES string of the molecule is Cc1ccnc(OCC2CCCCN2C)c1CN. The number of hydrogen-bond acceptors (Lipinski definition) is 4. The van der Waals surface area contributed by atoms with Gasteiger partial charge in [0.05, 0.1) is 0 Å². The first-order valence-electron chi connectivity index (χ1n) is 6.70. The minimum Gasteiger partial charge on any atom is -0.476 e. The van der Waals surface area contributed by atoms with E-state index in [0.717, 1.165) is 11.1 Å². The Morgan fingerprint density at radius 2 is 2.33 bits per heavy atom. The summed E-state index contributed by atoms with van der Waals surface area (Å²) in [7, 11) is 2.17. The molecule has 1 saturated heterocycles. The lowest BCUT2D eigenvalue weighted by Crippen LogP contribution is -2.40. The van der Waals surface area contributed by atoms with Gasteiger partial charge in [-0.3, -0.25) is 0 Å². The Morgan fingerprint density at radius 1 is 1.50 bits per heavy atom. The molecule has 0 amide bonds. The summed E-state index contributed by atoms with van der Waals surface area (Å²) in [5.74, 6) is 0.705. The van der Waals surface area contributed by atoms with E-state index in [0.29, 0.717) is 25.1 Å². The molecular weight excluding hydrogens is 226 g/mol. The van der Waals surface area contributed by atoms with E-state index in [4.69, 9.17) is 10.5 Å². The zero-order chi connectivity index (χ0) is 13.0. The minimum atomic E-state index is 0.482. The number of pyridine rings is 1. The Labute approximate surface area is 109 Å². The van der Waals surface area contributed by atoms with E-state index in [1.807, 2.05) is 13.0 Å². The maximum atomic E-state index is 5.89. The van der Waals surface area contributed by atoms with Crippen LogP contribution in [0.3, 0.4) is 0 Å². The largest absolute Gasteiger partial charge is 0.476 e. The van der Waals surface area contributed by atoms with E-state index in [9.17, 15) is 0 Å². The van der Waals surface area contributed by atoms with E-state index in [1.165, 1.54) is 25.8 Å². The quantitative estimate of drug-likeness (QED) is 0.882. The Balaban J connectivity index is 1.99. The lowest BCUT2D eigenvalue weighted by atomic mass is 10.0. The number of likely N-dealkylation sites (tertiary alicyclic amines) is 1. The monoisotopic (exact) mass is 249 g/mol. The van der Waals surface area contributed by atoms with Crippen LogP contribution in [0, 0.1) is 6.92 Å². The fraction of sp³-hybridized carbons (Fsp3) is 0.643. The molecule has 18 heavy (non-hydrogen) atoms. The predicted octanol–water partition coefficient (Wildman–Crippen LogP) is 1.71. The molecular formula is C14H23N3O. The standard InChI is InChI=1S/C14H23N3O/c1-11-6-7-16-14(13(11)9-15)18-10-12-5-3-4-8-17(12)2/h6-7,12H,3-5,8-10,15H2,1-2H3. The average Bonchev–Trinajstić information content (AvgIpc) is 2.38. The zero-order valence-corrected chi connectivity index (χ0v) is 11.4. The second-order valence-corrected chi connectivity index (χ2v) is 5.06. The number of ether oxygens (including phenoxy) is 1. The van der Waals surface area contributed by atoms with Crippen LogP contribution in [0.5, 0.6) is 5.88 Å². The van der Waals surface area contributed by atoms with E-state index < -0.39 is 0 Å². The van der Waals surface area contributed by atoms with E-state index >= 15 is 0 Å². The van der Waals surface area contributed by atoms with Gasteiger partial charge in [0.15, 0.2) is 0 Å². The third-order valence-electron chi connectivity index (χ3n) is 3.79. The van der Waals surface area contributed by atoms with Crippen LogP contribution in [-0.2, 0) is 6.54 Å². The molecule has 2 heterocycles. The van der Waals surface area contributed by atoms with Gasteiger partial charge in [-0.05, 0) is 45.0 Å². The first-order valence-corrected chi connectivity index (χ1v) is 6.70. The topological polar surface area (TPSA) is 51.4 Å². The molecule has 0 aliphatic carbocycles. The number of nitrogens with two attached hydrogens (primary N) is 1. The second kappa shape index (κ2) is 6.16. The van der Waals surface area contributed by atoms with E-state index in [2.05, 4.69) is 16.9 Å². The molecule has 1 fully saturated rings. The summed E-state index contributed by atoms with van der Waals surface area (Å²) < 4.78 is 5.89. The molecule has 0 aromatic carbocycles. The van der Waals surface area contributed by atoms with Crippen molar-refractivity contribution in [1.82, 2.24) is 9.88 Å². The molecule has 2 N–H and O–H groups in total. The van der Waals surface area contributed by atoms with Gasteiger partial charge in [-0.25, -0.2) is 4.98 Å². The highest BCUT2D eigenvalue weighted by atomic mass is 16.5. The average molecular weight is 249 g/mol. The lowest BCUT2D eigenvalue weighted by Gasteiger charge is -2.32. The molecule has 1 atom stereocenters. The fourth-order valence-electron chi connectivity index (χ4n) is 2.47. The molecule has 2 rings (SSSR count). The molecule has 1 aliphatic heterocycles. The van der Waals surface area contributed by atoms with Crippen LogP contribution in [0.15, 0.2) is 12.3 Å². The van der Waals surface area contributed by atoms with Gasteiger partial charge < -0.3 is 15.4 Å². The van der Waals surface area contributed by atoms with Crippen LogP contribution < -0.4 is 10.5 Å². The van der Waals surface area contributed by atoms with Gasteiger partial charge in [0.1, 0.15) is 6.61 Å². The summed E-state index contributed by atoms with van der Waals surface area (Å²) in [4.78, 5) is 6.68. The normalized spacial score (nSPS) is 20.9. The molecule has 1 aromatic heterocycles. The Hall–Kier alpha value is -1.13. The van der Waals surface area contributed by atoms with Crippen molar-refractivity contribution in [3.8, 4) is 5.88 Å². The highest BCUT2D eigenvalue weighted by Crippen LogP contribution is 2.20. The van der Waals surface area contributed by atoms with Crippen LogP contribution in [0.2, 0.25) is 0 Å². The molecule has 0 spiro atoms. The van der Waals surface area contributed by atoms with Crippen molar-refractivity contribution in [1.29, 1.82) is 0 Å².